The molecule has 0 aliphatic carbocycles. The van der Waals surface area contributed by atoms with Crippen LogP contribution in [0.4, 0.5) is 0 Å². The molecule has 10 nitrogen and oxygen atoms in total. The standard InChI is InChI=1S/C33H40N4O6/c1-21(2)17-26(34)30(39)35-27(18-22-9-5-3-6-10-22)31(40)36-28(19-24-13-15-25(38)16-14-24)32(41)37-29(33(42)43)20-23-11-7-4-8-12-23/h3-16,21,26-29,38H,17-20,34H2,1-2H3,(H,35,39)(H,36,40)(H,37,41)(H,42,43). The van der Waals surface area contributed by atoms with Crippen LogP contribution in [0.15, 0.2) is 84.9 Å². The third-order valence-electron chi connectivity index (χ3n) is 6.88. The number of carbonyl (C=O) groups is 4. The Kier molecular flexibility index (Phi) is 12.3. The fourth-order valence-electron chi connectivity index (χ4n) is 4.62. The zero-order valence-corrected chi connectivity index (χ0v) is 24.4. The van der Waals surface area contributed by atoms with Crippen molar-refractivity contribution in [3.05, 3.63) is 102 Å². The molecule has 0 bridgehead atoms. The average Bonchev–Trinajstić information content (AvgIpc) is 2.97. The summed E-state index contributed by atoms with van der Waals surface area (Å²) in [6, 6.07) is 19.8. The zero-order chi connectivity index (χ0) is 31.4. The molecule has 0 saturated heterocycles. The van der Waals surface area contributed by atoms with Gasteiger partial charge in [-0.25, -0.2) is 4.79 Å². The highest BCUT2D eigenvalue weighted by atomic mass is 16.4. The van der Waals surface area contributed by atoms with E-state index in [1.807, 2.05) is 44.2 Å². The lowest BCUT2D eigenvalue weighted by Gasteiger charge is -2.26. The van der Waals surface area contributed by atoms with Gasteiger partial charge < -0.3 is 31.9 Å². The maximum atomic E-state index is 13.7. The van der Waals surface area contributed by atoms with Crippen molar-refractivity contribution in [3.63, 3.8) is 0 Å². The van der Waals surface area contributed by atoms with Crippen molar-refractivity contribution in [1.82, 2.24) is 16.0 Å². The Bertz CT molecular complexity index is 1350. The van der Waals surface area contributed by atoms with Crippen LogP contribution in [0.2, 0.25) is 0 Å². The molecule has 7 N–H and O–H groups in total. The molecular weight excluding hydrogens is 548 g/mol. The normalized spacial score (nSPS) is 13.8. The van der Waals surface area contributed by atoms with Crippen molar-refractivity contribution in [2.24, 2.45) is 11.7 Å². The quantitative estimate of drug-likeness (QED) is 0.158. The van der Waals surface area contributed by atoms with E-state index in [2.05, 4.69) is 16.0 Å². The third-order valence-corrected chi connectivity index (χ3v) is 6.88. The number of hydrogen-bond acceptors (Lipinski definition) is 6. The Labute approximate surface area is 251 Å². The Hall–Kier alpha value is -4.70. The molecule has 0 saturated carbocycles. The van der Waals surface area contributed by atoms with Crippen LogP contribution in [0.1, 0.15) is 37.0 Å². The summed E-state index contributed by atoms with van der Waals surface area (Å²) in [6.07, 6.45) is 0.623. The number of carboxylic acids is 1. The van der Waals surface area contributed by atoms with Crippen LogP contribution in [0.25, 0.3) is 0 Å². The van der Waals surface area contributed by atoms with E-state index in [9.17, 15) is 29.4 Å². The van der Waals surface area contributed by atoms with E-state index in [1.165, 1.54) is 12.1 Å². The summed E-state index contributed by atoms with van der Waals surface area (Å²) in [5, 5.41) is 27.6. The second-order valence-corrected chi connectivity index (χ2v) is 11.0. The molecule has 0 aliphatic heterocycles. The highest BCUT2D eigenvalue weighted by molar-refractivity contribution is 5.94. The molecule has 0 heterocycles. The van der Waals surface area contributed by atoms with Crippen molar-refractivity contribution in [1.29, 1.82) is 0 Å². The molecular formula is C33H40N4O6. The first-order chi connectivity index (χ1) is 20.5. The first kappa shape index (κ1) is 32.8. The van der Waals surface area contributed by atoms with E-state index in [-0.39, 0.29) is 30.9 Å². The number of aromatic hydroxyl groups is 1. The highest BCUT2D eigenvalue weighted by Gasteiger charge is 2.31. The van der Waals surface area contributed by atoms with Crippen LogP contribution in [0, 0.1) is 5.92 Å². The van der Waals surface area contributed by atoms with Gasteiger partial charge in [-0.15, -0.1) is 0 Å². The smallest absolute Gasteiger partial charge is 0.326 e. The number of benzene rings is 3. The van der Waals surface area contributed by atoms with Crippen LogP contribution < -0.4 is 21.7 Å². The minimum atomic E-state index is -1.25. The second kappa shape index (κ2) is 16.1. The van der Waals surface area contributed by atoms with Gasteiger partial charge in [0.15, 0.2) is 0 Å². The average molecular weight is 589 g/mol. The maximum Gasteiger partial charge on any atom is 0.326 e. The van der Waals surface area contributed by atoms with Gasteiger partial charge in [0.25, 0.3) is 0 Å². The van der Waals surface area contributed by atoms with Gasteiger partial charge in [-0.05, 0) is 41.2 Å². The Balaban J connectivity index is 1.85. The number of nitrogens with two attached hydrogens (primary N) is 1. The summed E-state index contributed by atoms with van der Waals surface area (Å²) in [6.45, 7) is 3.88. The summed E-state index contributed by atoms with van der Waals surface area (Å²) in [4.78, 5) is 52.2. The summed E-state index contributed by atoms with van der Waals surface area (Å²) >= 11 is 0. The first-order valence-corrected chi connectivity index (χ1v) is 14.3. The van der Waals surface area contributed by atoms with Crippen LogP contribution in [0.3, 0.4) is 0 Å². The number of rotatable bonds is 15. The van der Waals surface area contributed by atoms with Crippen molar-refractivity contribution in [2.75, 3.05) is 0 Å². The molecule has 43 heavy (non-hydrogen) atoms. The van der Waals surface area contributed by atoms with Crippen LogP contribution in [-0.2, 0) is 38.4 Å². The molecule has 0 radical (unpaired) electrons. The fraction of sp³-hybridized carbons (Fsp3) is 0.333. The summed E-state index contributed by atoms with van der Waals surface area (Å²) < 4.78 is 0. The van der Waals surface area contributed by atoms with E-state index < -0.39 is 47.9 Å². The van der Waals surface area contributed by atoms with Gasteiger partial charge in [0.2, 0.25) is 17.7 Å². The number of amides is 3. The van der Waals surface area contributed by atoms with E-state index in [0.29, 0.717) is 12.0 Å². The van der Waals surface area contributed by atoms with Crippen molar-refractivity contribution >= 4 is 23.7 Å². The van der Waals surface area contributed by atoms with E-state index in [4.69, 9.17) is 5.73 Å². The van der Waals surface area contributed by atoms with Crippen molar-refractivity contribution < 1.29 is 29.4 Å². The fourth-order valence-corrected chi connectivity index (χ4v) is 4.62. The Morgan fingerprint density at radius 1 is 0.628 bits per heavy atom. The van der Waals surface area contributed by atoms with Gasteiger partial charge in [0.1, 0.15) is 23.9 Å². The molecule has 0 aliphatic rings. The number of aliphatic carboxylic acids is 1. The lowest BCUT2D eigenvalue weighted by molar-refractivity contribution is -0.142. The number of phenolic OH excluding ortho intramolecular Hbond substituents is 1. The second-order valence-electron chi connectivity index (χ2n) is 11.0. The van der Waals surface area contributed by atoms with Gasteiger partial charge in [-0.3, -0.25) is 14.4 Å². The van der Waals surface area contributed by atoms with Crippen LogP contribution in [-0.4, -0.2) is 58.1 Å². The molecule has 3 amide bonds. The molecule has 4 atom stereocenters. The number of carbonyl (C=O) groups excluding carboxylic acids is 3. The van der Waals surface area contributed by atoms with Crippen LogP contribution in [0.5, 0.6) is 5.75 Å². The molecule has 3 aromatic carbocycles. The molecule has 3 rings (SSSR count). The number of nitrogens with one attached hydrogen (secondary N) is 3. The van der Waals surface area contributed by atoms with Crippen molar-refractivity contribution in [3.8, 4) is 5.75 Å². The molecule has 0 spiro atoms. The lowest BCUT2D eigenvalue weighted by Crippen LogP contribution is -2.58. The predicted molar refractivity (Wildman–Crippen MR) is 163 cm³/mol. The van der Waals surface area contributed by atoms with Gasteiger partial charge in [0.05, 0.1) is 6.04 Å². The number of carboxylic acid groups (broad SMARTS) is 1. The van der Waals surface area contributed by atoms with Gasteiger partial charge in [-0.1, -0.05) is 86.6 Å². The molecule has 0 aromatic heterocycles. The zero-order valence-electron chi connectivity index (χ0n) is 24.4. The molecule has 10 heteroatoms. The maximum absolute atomic E-state index is 13.7. The summed E-state index contributed by atoms with van der Waals surface area (Å²) in [7, 11) is 0. The highest BCUT2D eigenvalue weighted by Crippen LogP contribution is 2.13. The summed E-state index contributed by atoms with van der Waals surface area (Å²) in [5.74, 6) is -2.84. The Morgan fingerprint density at radius 3 is 1.47 bits per heavy atom. The lowest BCUT2D eigenvalue weighted by atomic mass is 10.00. The molecule has 4 unspecified atom stereocenters. The predicted octanol–water partition coefficient (Wildman–Crippen LogP) is 2.33. The van der Waals surface area contributed by atoms with Gasteiger partial charge >= 0.3 is 5.97 Å². The van der Waals surface area contributed by atoms with E-state index in [1.54, 1.807) is 42.5 Å². The molecule has 3 aromatic rings. The Morgan fingerprint density at radius 2 is 1.02 bits per heavy atom. The van der Waals surface area contributed by atoms with Gasteiger partial charge in [-0.2, -0.15) is 0 Å². The van der Waals surface area contributed by atoms with Gasteiger partial charge in [0, 0.05) is 19.3 Å². The minimum Gasteiger partial charge on any atom is -0.508 e. The first-order valence-electron chi connectivity index (χ1n) is 14.3. The van der Waals surface area contributed by atoms with E-state index in [0.717, 1.165) is 11.1 Å². The topological polar surface area (TPSA) is 171 Å². The minimum absolute atomic E-state index is 0.00833. The number of phenols is 1. The molecule has 228 valence electrons. The molecule has 0 fully saturated rings. The summed E-state index contributed by atoms with van der Waals surface area (Å²) in [5.41, 5.74) is 8.21. The van der Waals surface area contributed by atoms with Crippen molar-refractivity contribution in [2.45, 2.75) is 63.7 Å². The van der Waals surface area contributed by atoms with E-state index >= 15 is 0 Å². The van der Waals surface area contributed by atoms with Crippen LogP contribution >= 0.6 is 0 Å². The monoisotopic (exact) mass is 588 g/mol. The largest absolute Gasteiger partial charge is 0.508 e. The SMILES string of the molecule is CC(C)CC(N)C(=O)NC(Cc1ccccc1)C(=O)NC(Cc1ccc(O)cc1)C(=O)NC(Cc1ccccc1)C(=O)O. The number of hydrogen-bond donors (Lipinski definition) is 6. The third kappa shape index (κ3) is 10.9.